The van der Waals surface area contributed by atoms with Crippen molar-refractivity contribution in [2.45, 2.75) is 39.4 Å². The summed E-state index contributed by atoms with van der Waals surface area (Å²) in [5, 5.41) is 5.36. The molecule has 0 amide bonds. The second kappa shape index (κ2) is 9.11. The fourth-order valence-corrected chi connectivity index (χ4v) is 4.39. The number of benzene rings is 2. The molecule has 0 bridgehead atoms. The maximum Gasteiger partial charge on any atom is 0.275 e. The highest BCUT2D eigenvalue weighted by Gasteiger charge is 2.13. The zero-order valence-corrected chi connectivity index (χ0v) is 17.3. The summed E-state index contributed by atoms with van der Waals surface area (Å²) >= 11 is 1.51. The summed E-state index contributed by atoms with van der Waals surface area (Å²) in [5.74, 6) is 0. The number of aromatic nitrogens is 3. The van der Waals surface area contributed by atoms with Crippen LogP contribution in [0.4, 0.5) is 0 Å². The van der Waals surface area contributed by atoms with E-state index in [-0.39, 0.29) is 5.56 Å². The summed E-state index contributed by atoms with van der Waals surface area (Å²) in [6, 6.07) is 22.4. The Morgan fingerprint density at radius 1 is 0.931 bits per heavy atom. The highest BCUT2D eigenvalue weighted by molar-refractivity contribution is 7.16. The van der Waals surface area contributed by atoms with Gasteiger partial charge in [-0.1, -0.05) is 78.9 Å². The molecule has 5 nitrogen and oxygen atoms in total. The molecule has 0 atom stereocenters. The molecule has 29 heavy (non-hydrogen) atoms. The quantitative estimate of drug-likeness (QED) is 0.439. The number of hydrogen-bond acceptors (Lipinski definition) is 5. The van der Waals surface area contributed by atoms with Crippen LogP contribution in [0.2, 0.25) is 0 Å². The van der Waals surface area contributed by atoms with Gasteiger partial charge in [-0.15, -0.1) is 0 Å². The maximum absolute atomic E-state index is 12.6. The lowest BCUT2D eigenvalue weighted by atomic mass is 10.1. The van der Waals surface area contributed by atoms with E-state index in [4.69, 9.17) is 4.98 Å². The van der Waals surface area contributed by atoms with Crippen LogP contribution in [-0.2, 0) is 26.1 Å². The summed E-state index contributed by atoms with van der Waals surface area (Å²) in [7, 11) is 0. The minimum atomic E-state index is -0.108. The molecule has 0 fully saturated rings. The van der Waals surface area contributed by atoms with Gasteiger partial charge in [0.05, 0.1) is 5.69 Å². The van der Waals surface area contributed by atoms with Crippen molar-refractivity contribution in [2.75, 3.05) is 0 Å². The Bertz CT molecular complexity index is 1080. The molecule has 0 saturated heterocycles. The third kappa shape index (κ3) is 4.96. The van der Waals surface area contributed by atoms with Crippen molar-refractivity contribution in [3.63, 3.8) is 0 Å². The predicted octanol–water partition coefficient (Wildman–Crippen LogP) is 4.31. The van der Waals surface area contributed by atoms with E-state index in [2.05, 4.69) is 65.5 Å². The first-order valence-electron chi connectivity index (χ1n) is 9.90. The number of hydrogen-bond donors (Lipinski definition) is 0. The van der Waals surface area contributed by atoms with Crippen LogP contribution in [0.15, 0.2) is 71.5 Å². The highest BCUT2D eigenvalue weighted by Crippen LogP contribution is 2.16. The van der Waals surface area contributed by atoms with Crippen molar-refractivity contribution in [1.82, 2.24) is 19.5 Å². The van der Waals surface area contributed by atoms with Gasteiger partial charge in [-0.3, -0.25) is 9.69 Å². The Kier molecular flexibility index (Phi) is 6.12. The number of nitrogens with zero attached hydrogens (tertiary/aromatic N) is 4. The highest BCUT2D eigenvalue weighted by atomic mass is 32.1. The molecule has 0 aliphatic rings. The molecule has 2 aromatic carbocycles. The van der Waals surface area contributed by atoms with E-state index in [0.717, 1.165) is 36.6 Å². The lowest BCUT2D eigenvalue weighted by molar-refractivity contribution is 0.244. The molecule has 2 heterocycles. The van der Waals surface area contributed by atoms with E-state index in [9.17, 15) is 4.79 Å². The standard InChI is InChI=1S/C23H24N4OS/c1-2-9-21-25-27-22(28)14-20(24-23(27)29-21)17-26(15-18-10-5-3-6-11-18)16-19-12-7-4-8-13-19/h3-8,10-14H,2,9,15-17H2,1H3. The first-order chi connectivity index (χ1) is 14.2. The third-order valence-electron chi connectivity index (χ3n) is 4.69. The van der Waals surface area contributed by atoms with Gasteiger partial charge in [-0.05, 0) is 17.5 Å². The van der Waals surface area contributed by atoms with Crippen LogP contribution in [0.1, 0.15) is 35.2 Å². The molecule has 0 unspecified atom stereocenters. The van der Waals surface area contributed by atoms with Gasteiger partial charge in [0, 0.05) is 32.1 Å². The molecule has 0 saturated carbocycles. The van der Waals surface area contributed by atoms with E-state index in [1.165, 1.54) is 27.0 Å². The first kappa shape index (κ1) is 19.5. The molecular weight excluding hydrogens is 380 g/mol. The Labute approximate surface area is 174 Å². The largest absolute Gasteiger partial charge is 0.289 e. The third-order valence-corrected chi connectivity index (χ3v) is 5.66. The summed E-state index contributed by atoms with van der Waals surface area (Å²) in [6.45, 7) is 4.30. The molecule has 148 valence electrons. The zero-order chi connectivity index (χ0) is 20.1. The maximum atomic E-state index is 12.6. The van der Waals surface area contributed by atoms with Crippen molar-refractivity contribution < 1.29 is 0 Å². The molecule has 0 aliphatic carbocycles. The second-order valence-corrected chi connectivity index (χ2v) is 8.18. The van der Waals surface area contributed by atoms with Crippen LogP contribution in [0.3, 0.4) is 0 Å². The summed E-state index contributed by atoms with van der Waals surface area (Å²) in [4.78, 5) is 20.3. The zero-order valence-electron chi connectivity index (χ0n) is 16.5. The van der Waals surface area contributed by atoms with Gasteiger partial charge < -0.3 is 0 Å². The van der Waals surface area contributed by atoms with Crippen LogP contribution < -0.4 is 5.56 Å². The van der Waals surface area contributed by atoms with Gasteiger partial charge in [-0.2, -0.15) is 9.61 Å². The van der Waals surface area contributed by atoms with Gasteiger partial charge >= 0.3 is 0 Å². The average Bonchev–Trinajstić information content (AvgIpc) is 3.13. The predicted molar refractivity (Wildman–Crippen MR) is 117 cm³/mol. The van der Waals surface area contributed by atoms with Gasteiger partial charge in [0.1, 0.15) is 5.01 Å². The molecule has 2 aromatic heterocycles. The lowest BCUT2D eigenvalue weighted by Crippen LogP contribution is -2.25. The van der Waals surface area contributed by atoms with Crippen molar-refractivity contribution in [3.05, 3.63) is 98.9 Å². The summed E-state index contributed by atoms with van der Waals surface area (Å²) in [5.41, 5.74) is 3.16. The van der Waals surface area contributed by atoms with Crippen LogP contribution in [-0.4, -0.2) is 19.5 Å². The van der Waals surface area contributed by atoms with Gasteiger partial charge in [0.2, 0.25) is 4.96 Å². The van der Waals surface area contributed by atoms with Gasteiger partial charge in [-0.25, -0.2) is 4.98 Å². The van der Waals surface area contributed by atoms with Crippen molar-refractivity contribution in [3.8, 4) is 0 Å². The first-order valence-corrected chi connectivity index (χ1v) is 10.7. The van der Waals surface area contributed by atoms with Crippen molar-refractivity contribution in [1.29, 1.82) is 0 Å². The van der Waals surface area contributed by atoms with Crippen molar-refractivity contribution >= 4 is 16.3 Å². The second-order valence-electron chi connectivity index (χ2n) is 7.14. The van der Waals surface area contributed by atoms with E-state index >= 15 is 0 Å². The Morgan fingerprint density at radius 3 is 2.14 bits per heavy atom. The minimum absolute atomic E-state index is 0.108. The van der Waals surface area contributed by atoms with E-state index in [1.54, 1.807) is 6.07 Å². The normalized spacial score (nSPS) is 11.4. The van der Waals surface area contributed by atoms with Crippen LogP contribution in [0.5, 0.6) is 0 Å². The minimum Gasteiger partial charge on any atom is -0.289 e. The SMILES string of the molecule is CCCc1nn2c(=O)cc(CN(Cc3ccccc3)Cc3ccccc3)nc2s1. The molecule has 0 aliphatic heterocycles. The number of fused-ring (bicyclic) bond motifs is 1. The lowest BCUT2D eigenvalue weighted by Gasteiger charge is -2.22. The fourth-order valence-electron chi connectivity index (χ4n) is 3.37. The molecule has 6 heteroatoms. The van der Waals surface area contributed by atoms with Gasteiger partial charge in [0.15, 0.2) is 0 Å². The fraction of sp³-hybridized carbons (Fsp3) is 0.261. The monoisotopic (exact) mass is 404 g/mol. The van der Waals surface area contributed by atoms with Gasteiger partial charge in [0.25, 0.3) is 5.56 Å². The van der Waals surface area contributed by atoms with Crippen LogP contribution in [0.25, 0.3) is 4.96 Å². The van der Waals surface area contributed by atoms with Crippen LogP contribution in [0, 0.1) is 0 Å². The molecular formula is C23H24N4OS. The topological polar surface area (TPSA) is 50.5 Å². The van der Waals surface area contributed by atoms with Crippen molar-refractivity contribution in [2.24, 2.45) is 0 Å². The molecule has 4 aromatic rings. The van der Waals surface area contributed by atoms with E-state index in [1.807, 2.05) is 12.1 Å². The molecule has 4 rings (SSSR count). The number of rotatable bonds is 8. The Morgan fingerprint density at radius 2 is 1.55 bits per heavy atom. The summed E-state index contributed by atoms with van der Waals surface area (Å²) < 4.78 is 1.43. The number of aryl methyl sites for hydroxylation is 1. The Hall–Kier alpha value is -2.83. The summed E-state index contributed by atoms with van der Waals surface area (Å²) in [6.07, 6.45) is 1.88. The molecule has 0 spiro atoms. The average molecular weight is 405 g/mol. The smallest absolute Gasteiger partial charge is 0.275 e. The molecule has 0 N–H and O–H groups in total. The molecule has 0 radical (unpaired) electrons. The van der Waals surface area contributed by atoms with Crippen LogP contribution >= 0.6 is 11.3 Å². The van der Waals surface area contributed by atoms with E-state index < -0.39 is 0 Å². The Balaban J connectivity index is 1.61. The van der Waals surface area contributed by atoms with E-state index in [0.29, 0.717) is 11.5 Å².